The van der Waals surface area contributed by atoms with E-state index in [0.717, 1.165) is 13.1 Å². The van der Waals surface area contributed by atoms with Crippen LogP contribution in [0, 0.1) is 36.0 Å². The van der Waals surface area contributed by atoms with Crippen molar-refractivity contribution in [3.63, 3.8) is 0 Å². The Bertz CT molecular complexity index is 3410. The van der Waals surface area contributed by atoms with Gasteiger partial charge < -0.3 is 137 Å². The Labute approximate surface area is 570 Å². The van der Waals surface area contributed by atoms with E-state index in [4.69, 9.17) is 60.5 Å². The summed E-state index contributed by atoms with van der Waals surface area (Å²) >= 11 is 0. The van der Waals surface area contributed by atoms with E-state index >= 15 is 0 Å². The van der Waals surface area contributed by atoms with Crippen LogP contribution in [0.4, 0.5) is 5.69 Å². The molecule has 9 rings (SSSR count). The smallest absolute Gasteiger partial charge is 0.312 e. The molecule has 1 amide bonds. The number of benzene rings is 2. The van der Waals surface area contributed by atoms with E-state index in [1.54, 1.807) is 44.9 Å². The number of hydrogen-bond acceptors (Lipinski definition) is 30. The van der Waals surface area contributed by atoms with Crippen molar-refractivity contribution in [2.24, 2.45) is 51.0 Å². The van der Waals surface area contributed by atoms with Gasteiger partial charge in [0.2, 0.25) is 0 Å². The van der Waals surface area contributed by atoms with E-state index < -0.39 is 199 Å². The summed E-state index contributed by atoms with van der Waals surface area (Å²) in [5.41, 5.74) is 13.5. The number of ether oxygens (including phenoxy) is 8. The molecule has 552 valence electrons. The molecule has 0 radical (unpaired) electrons. The van der Waals surface area contributed by atoms with Crippen LogP contribution in [0.1, 0.15) is 76.9 Å². The number of ketones is 1. The highest BCUT2D eigenvalue weighted by Crippen LogP contribution is 2.55. The third-order valence-electron chi connectivity index (χ3n) is 19.3. The number of fused-ring (bicyclic) bond motifs is 14. The summed E-state index contributed by atoms with van der Waals surface area (Å²) < 4.78 is 46.5. The lowest BCUT2D eigenvalue weighted by Gasteiger charge is -2.46. The number of phenolic OH excluding ortho intramolecular Hbond substituents is 3. The number of hydrogen-bond donors (Lipinski definition) is 19. The molecule has 1 aliphatic carbocycles. The van der Waals surface area contributed by atoms with E-state index in [-0.39, 0.29) is 50.8 Å². The number of allylic oxidation sites excluding steroid dienone is 2. The van der Waals surface area contributed by atoms with Gasteiger partial charge in [-0.05, 0) is 40.9 Å². The number of nitrogens with zero attached hydrogens (tertiary/aromatic N) is 4. The lowest BCUT2D eigenvalue weighted by Crippen LogP contribution is -2.70. The van der Waals surface area contributed by atoms with Crippen LogP contribution in [0.15, 0.2) is 46.2 Å². The molecule has 22 N–H and O–H groups in total. The number of amides is 1. The molecule has 0 unspecified atom stereocenters. The van der Waals surface area contributed by atoms with Crippen molar-refractivity contribution in [2.45, 2.75) is 184 Å². The average Bonchev–Trinajstić information content (AvgIpc) is 1.57. The van der Waals surface area contributed by atoms with Crippen LogP contribution in [0.5, 0.6) is 23.0 Å². The molecule has 6 aliphatic heterocycles. The molecule has 99 heavy (non-hydrogen) atoms. The molecule has 0 aromatic heterocycles. The van der Waals surface area contributed by atoms with E-state index in [2.05, 4.69) is 30.9 Å². The van der Waals surface area contributed by atoms with Crippen molar-refractivity contribution in [3.8, 4) is 23.0 Å². The van der Waals surface area contributed by atoms with E-state index in [1.807, 2.05) is 7.05 Å². The van der Waals surface area contributed by atoms with Crippen molar-refractivity contribution in [1.82, 2.24) is 20.5 Å². The number of Topliss-reactive ketones (excluding diaryl/α,β-unsaturated/α-hetero) is 1. The summed E-state index contributed by atoms with van der Waals surface area (Å²) in [6, 6.07) is -4.02. The van der Waals surface area contributed by atoms with Crippen LogP contribution < -0.4 is 37.9 Å². The molecule has 6 heterocycles. The largest absolute Gasteiger partial charge is 0.507 e. The van der Waals surface area contributed by atoms with Crippen LogP contribution in [-0.2, 0) is 47.5 Å². The summed E-state index contributed by atoms with van der Waals surface area (Å²) in [6.07, 6.45) is -12.4. The van der Waals surface area contributed by atoms with Crippen LogP contribution in [-0.4, -0.2) is 289 Å². The Morgan fingerprint density at radius 1 is 0.828 bits per heavy atom. The first-order chi connectivity index (χ1) is 46.4. The second-order valence-corrected chi connectivity index (χ2v) is 26.0. The SMILES string of the molecule is CN[C@@H]1[C@H](O[C@H]2[C@H](O[C@H]3[C@H](O)[C@@H](O)[C@H](N=C(N)N)[C@@H](O)[C@@H]3NC(=N)N)O[C@@H](C)[C@]2(O)C=O)O[C@@H](CO)[C@H](O)[C@H]1O.CO[C@H]1/C=C/O[C@@]2(C)Oc3c(C)c(O)c4c(O)c(c(/C=N/N5CCN(C)CC5)c(O)c4c3C2=O)NC(=O)/C(C)=C\C=C\[C@H](C)[C@H](O)[C@@H](C)[C@@H](O)[C@@H](C)[C@H](OC(C)=O)[C@@H]1C. The van der Waals surface area contributed by atoms with Gasteiger partial charge in [0.25, 0.3) is 11.7 Å². The molecular weight excluding hydrogens is 1310 g/mol. The summed E-state index contributed by atoms with van der Waals surface area (Å²) in [5, 5.41) is 153. The summed E-state index contributed by atoms with van der Waals surface area (Å²) in [5.74, 6) is -9.50. The minimum Gasteiger partial charge on any atom is -0.507 e. The molecule has 35 nitrogen and oxygen atoms in total. The van der Waals surface area contributed by atoms with Crippen LogP contribution >= 0.6 is 0 Å². The second kappa shape index (κ2) is 32.5. The zero-order valence-electron chi connectivity index (χ0n) is 57.1. The number of phenols is 3. The number of aliphatic imine (C=N–C) groups is 1. The Morgan fingerprint density at radius 3 is 2.07 bits per heavy atom. The molecule has 2 aromatic rings. The highest BCUT2D eigenvalue weighted by molar-refractivity contribution is 6.24. The number of nitrogens with one attached hydrogen (secondary N) is 4. The topological polar surface area (TPSA) is 554 Å². The number of rotatable bonds is 13. The third kappa shape index (κ3) is 16.3. The minimum atomic E-state index is -2.39. The van der Waals surface area contributed by atoms with Crippen molar-refractivity contribution in [1.29, 1.82) is 5.41 Å². The number of anilines is 1. The third-order valence-corrected chi connectivity index (χ3v) is 19.3. The zero-order valence-corrected chi connectivity index (χ0v) is 57.1. The normalized spacial score (nSPS) is 38.3. The van der Waals surface area contributed by atoms with Gasteiger partial charge in [0.15, 0.2) is 42.1 Å². The van der Waals surface area contributed by atoms with Crippen LogP contribution in [0.25, 0.3) is 10.8 Å². The number of hydrazone groups is 1. The number of aliphatic hydroxyl groups is 9. The van der Waals surface area contributed by atoms with Gasteiger partial charge in [-0.15, -0.1) is 0 Å². The highest BCUT2D eigenvalue weighted by atomic mass is 16.8. The molecule has 3 saturated heterocycles. The summed E-state index contributed by atoms with van der Waals surface area (Å²) in [7, 11) is 4.84. The predicted octanol–water partition coefficient (Wildman–Crippen LogP) is -3.62. The lowest BCUT2D eigenvalue weighted by atomic mass is 9.78. The number of methoxy groups -OCH3 is 1. The molecule has 2 aromatic carbocycles. The number of carbonyl (C=O) groups excluding carboxylic acids is 4. The van der Waals surface area contributed by atoms with Gasteiger partial charge in [0.1, 0.15) is 78.2 Å². The molecule has 0 spiro atoms. The van der Waals surface area contributed by atoms with E-state index in [0.29, 0.717) is 13.1 Å². The number of nitrogens with two attached hydrogens (primary N) is 3. The molecule has 7 aliphatic rings. The number of aromatic hydroxyl groups is 3. The predicted molar refractivity (Wildman–Crippen MR) is 353 cm³/mol. The Kier molecular flexibility index (Phi) is 25.9. The number of piperazine rings is 1. The number of aliphatic hydroxyl groups excluding tert-OH is 8. The van der Waals surface area contributed by atoms with E-state index in [9.17, 15) is 80.5 Å². The number of carbonyl (C=O) groups is 4. The number of likely N-dealkylation sites (N-methyl/N-ethyl adjacent to an activating group) is 2. The molecular formula is C64H97N11O24. The maximum atomic E-state index is 14.4. The molecule has 5 bridgehead atoms. The molecule has 4 fully saturated rings. The first kappa shape index (κ1) is 78.9. The maximum Gasteiger partial charge on any atom is 0.312 e. The van der Waals surface area contributed by atoms with Gasteiger partial charge >= 0.3 is 11.8 Å². The van der Waals surface area contributed by atoms with Crippen molar-refractivity contribution < 1.29 is 118 Å². The first-order valence-electron chi connectivity index (χ1n) is 32.2. The van der Waals surface area contributed by atoms with Crippen molar-refractivity contribution in [3.05, 3.63) is 52.8 Å². The quantitative estimate of drug-likeness (QED) is 0.0230. The average molecular weight is 1400 g/mol. The summed E-state index contributed by atoms with van der Waals surface area (Å²) in [4.78, 5) is 58.4. The van der Waals surface area contributed by atoms with Gasteiger partial charge in [-0.1, -0.05) is 45.9 Å². The zero-order chi connectivity index (χ0) is 73.8. The first-order valence-corrected chi connectivity index (χ1v) is 32.2. The Hall–Kier alpha value is -7.43. The monoisotopic (exact) mass is 1400 g/mol. The minimum absolute atomic E-state index is 0.0559. The van der Waals surface area contributed by atoms with E-state index in [1.165, 1.54) is 73.4 Å². The second-order valence-electron chi connectivity index (χ2n) is 26.0. The lowest BCUT2D eigenvalue weighted by molar-refractivity contribution is -0.314. The fraction of sp³-hybridized carbons (Fsp3) is 0.641. The van der Waals surface area contributed by atoms with Crippen LogP contribution in [0.3, 0.4) is 0 Å². The Morgan fingerprint density at radius 2 is 1.48 bits per heavy atom. The number of esters is 1. The van der Waals surface area contributed by atoms with Crippen LogP contribution in [0.2, 0.25) is 0 Å². The van der Waals surface area contributed by atoms with Gasteiger partial charge in [-0.2, -0.15) is 5.10 Å². The maximum absolute atomic E-state index is 14.4. The van der Waals surface area contributed by atoms with Gasteiger partial charge in [0, 0.05) is 87.3 Å². The fourth-order valence-corrected chi connectivity index (χ4v) is 13.1. The molecule has 1 saturated carbocycles. The van der Waals surface area contributed by atoms with Crippen molar-refractivity contribution in [2.75, 3.05) is 59.3 Å². The number of guanidine groups is 2. The molecule has 24 atom stereocenters. The van der Waals surface area contributed by atoms with Gasteiger partial charge in [-0.25, -0.2) is 4.99 Å². The number of aldehydes is 1. The fourth-order valence-electron chi connectivity index (χ4n) is 13.1. The van der Waals surface area contributed by atoms with Gasteiger partial charge in [0.05, 0.1) is 77.8 Å². The standard InChI is InChI=1S/C43H58N4O12.C21H39N7O12/c1-21-12-11-13-22(2)42(55)45-33-28(20-44-47-17-15-46(9)16-18-47)37(52)30-31(38(33)53)36(51)26(6)40-32(30)41(54)43(8,59-40)57-19-14-29(56-10)23(3)39(58-27(7)48)25(5)35(50)24(4)34(21)49;1-5-21(36,4-30)16(40-17-9(26-2)13(34)10(31)6(3-29)38-17)18(37-5)39-15-8(28-20(24)25)11(32)7(27-19(22)23)12(33)14(15)35/h11-14,19-21,23-25,29,34-35,39,49-53H,15-18H2,1-10H3,(H,45,55);4-18,26,29,31-36H,3H2,1-2H3,(H4,22,23,27)(H4,24,25,28)/b12-11+,19-14+,22-13-,44-20+;/t21-,23+,24+,25+,29-,34-,35+,39+,43-;5-,6-,7+,8-,9-,10-,11+,12-,13-,14+,15+,16-,17-,18-,21+/m00/s1. The summed E-state index contributed by atoms with van der Waals surface area (Å²) in [6.45, 7) is 15.7. The highest BCUT2D eigenvalue weighted by Gasteiger charge is 2.61. The van der Waals surface area contributed by atoms with Crippen molar-refractivity contribution >= 4 is 58.5 Å². The Balaban J connectivity index is 0.000000300. The van der Waals surface area contributed by atoms with Gasteiger partial charge in [-0.3, -0.25) is 29.6 Å². The molecule has 35 heteroatoms.